The van der Waals surface area contributed by atoms with E-state index in [2.05, 4.69) is 5.32 Å². The van der Waals surface area contributed by atoms with Gasteiger partial charge in [-0.3, -0.25) is 9.59 Å². The molecule has 0 aliphatic carbocycles. The second-order valence-electron chi connectivity index (χ2n) is 6.45. The topological polar surface area (TPSA) is 49.4 Å². The molecule has 2 aromatic carbocycles. The zero-order chi connectivity index (χ0) is 18.5. The van der Waals surface area contributed by atoms with E-state index in [-0.39, 0.29) is 23.9 Å². The maximum atomic E-state index is 13.2. The summed E-state index contributed by atoms with van der Waals surface area (Å²) in [6.07, 6.45) is 1.84. The van der Waals surface area contributed by atoms with Crippen molar-refractivity contribution in [2.45, 2.75) is 19.3 Å². The molecule has 0 bridgehead atoms. The van der Waals surface area contributed by atoms with Crippen LogP contribution in [0.5, 0.6) is 0 Å². The third kappa shape index (κ3) is 4.45. The molecule has 1 saturated heterocycles. The van der Waals surface area contributed by atoms with Crippen molar-refractivity contribution in [3.8, 4) is 0 Å². The molecule has 1 atom stereocenters. The van der Waals surface area contributed by atoms with E-state index in [1.54, 1.807) is 4.90 Å². The van der Waals surface area contributed by atoms with Crippen LogP contribution in [0, 0.1) is 17.6 Å². The first-order valence-electron chi connectivity index (χ1n) is 8.60. The predicted molar refractivity (Wildman–Crippen MR) is 94.4 cm³/mol. The summed E-state index contributed by atoms with van der Waals surface area (Å²) >= 11 is 0. The number of likely N-dealkylation sites (tertiary alicyclic amines) is 1. The average molecular weight is 358 g/mol. The predicted octanol–water partition coefficient (Wildman–Crippen LogP) is 3.38. The quantitative estimate of drug-likeness (QED) is 0.861. The number of hydrogen-bond donors (Lipinski definition) is 1. The number of benzene rings is 2. The Hall–Kier alpha value is -2.76. The van der Waals surface area contributed by atoms with Crippen molar-refractivity contribution < 1.29 is 18.4 Å². The van der Waals surface area contributed by atoms with Gasteiger partial charge in [0.15, 0.2) is 11.6 Å². The number of hydrogen-bond acceptors (Lipinski definition) is 2. The van der Waals surface area contributed by atoms with Crippen LogP contribution in [0.15, 0.2) is 48.5 Å². The van der Waals surface area contributed by atoms with Crippen LogP contribution in [-0.4, -0.2) is 29.8 Å². The van der Waals surface area contributed by atoms with E-state index >= 15 is 0 Å². The Morgan fingerprint density at radius 3 is 2.62 bits per heavy atom. The van der Waals surface area contributed by atoms with E-state index in [1.807, 2.05) is 30.3 Å². The minimum atomic E-state index is -1.02. The second kappa shape index (κ2) is 8.08. The Kier molecular flexibility index (Phi) is 5.61. The van der Waals surface area contributed by atoms with Crippen molar-refractivity contribution >= 4 is 17.5 Å². The molecule has 1 unspecified atom stereocenters. The second-order valence-corrected chi connectivity index (χ2v) is 6.45. The van der Waals surface area contributed by atoms with Crippen molar-refractivity contribution in [1.29, 1.82) is 0 Å². The lowest BCUT2D eigenvalue weighted by atomic mass is 10.1. The van der Waals surface area contributed by atoms with Crippen LogP contribution in [0.2, 0.25) is 0 Å². The number of nitrogens with one attached hydrogen (secondary N) is 1. The highest BCUT2D eigenvalue weighted by atomic mass is 19.2. The van der Waals surface area contributed by atoms with Crippen LogP contribution in [0.3, 0.4) is 0 Å². The summed E-state index contributed by atoms with van der Waals surface area (Å²) in [5.41, 5.74) is 1.40. The highest BCUT2D eigenvalue weighted by molar-refractivity contribution is 5.97. The first kappa shape index (κ1) is 18.0. The molecule has 6 heteroatoms. The Morgan fingerprint density at radius 1 is 1.12 bits per heavy atom. The molecule has 1 N–H and O–H groups in total. The number of carbonyl (C=O) groups is 2. The SMILES string of the molecule is O=C(Nc1ccc(F)c(F)c1)C1CC(=O)N(CCCc2ccccc2)C1. The monoisotopic (exact) mass is 358 g/mol. The normalized spacial score (nSPS) is 16.8. The van der Waals surface area contributed by atoms with Crippen LogP contribution in [0.25, 0.3) is 0 Å². The van der Waals surface area contributed by atoms with Gasteiger partial charge in [0.2, 0.25) is 11.8 Å². The number of carbonyl (C=O) groups excluding carboxylic acids is 2. The number of rotatable bonds is 6. The molecule has 1 fully saturated rings. The number of anilines is 1. The van der Waals surface area contributed by atoms with Crippen LogP contribution >= 0.6 is 0 Å². The van der Waals surface area contributed by atoms with Crippen molar-refractivity contribution in [3.63, 3.8) is 0 Å². The molecule has 0 aromatic heterocycles. The zero-order valence-electron chi connectivity index (χ0n) is 14.3. The number of nitrogens with zero attached hydrogens (tertiary/aromatic N) is 1. The molecule has 2 amide bonds. The Morgan fingerprint density at radius 2 is 1.88 bits per heavy atom. The maximum Gasteiger partial charge on any atom is 0.229 e. The molecule has 1 heterocycles. The fraction of sp³-hybridized carbons (Fsp3) is 0.300. The summed E-state index contributed by atoms with van der Waals surface area (Å²) < 4.78 is 26.2. The molecule has 26 heavy (non-hydrogen) atoms. The summed E-state index contributed by atoms with van der Waals surface area (Å²) in [6.45, 7) is 0.950. The molecule has 1 aliphatic heterocycles. The van der Waals surface area contributed by atoms with Crippen molar-refractivity contribution in [1.82, 2.24) is 4.90 Å². The van der Waals surface area contributed by atoms with Crippen LogP contribution in [0.4, 0.5) is 14.5 Å². The van der Waals surface area contributed by atoms with Gasteiger partial charge in [-0.05, 0) is 30.5 Å². The van der Waals surface area contributed by atoms with E-state index < -0.39 is 17.6 Å². The van der Waals surface area contributed by atoms with E-state index in [1.165, 1.54) is 11.6 Å². The molecular weight excluding hydrogens is 338 g/mol. The van der Waals surface area contributed by atoms with Crippen LogP contribution in [0.1, 0.15) is 18.4 Å². The summed E-state index contributed by atoms with van der Waals surface area (Å²) in [7, 11) is 0. The van der Waals surface area contributed by atoms with E-state index in [4.69, 9.17) is 0 Å². The van der Waals surface area contributed by atoms with Gasteiger partial charge in [-0.15, -0.1) is 0 Å². The van der Waals surface area contributed by atoms with Gasteiger partial charge in [-0.2, -0.15) is 0 Å². The van der Waals surface area contributed by atoms with Gasteiger partial charge in [0.1, 0.15) is 0 Å². The highest BCUT2D eigenvalue weighted by Gasteiger charge is 2.33. The molecule has 4 nitrogen and oxygen atoms in total. The van der Waals surface area contributed by atoms with E-state index in [0.717, 1.165) is 25.0 Å². The van der Waals surface area contributed by atoms with Crippen molar-refractivity contribution in [2.24, 2.45) is 5.92 Å². The smallest absolute Gasteiger partial charge is 0.229 e. The van der Waals surface area contributed by atoms with Gasteiger partial charge in [0.25, 0.3) is 0 Å². The third-order valence-corrected chi connectivity index (χ3v) is 4.51. The molecule has 1 aliphatic rings. The van der Waals surface area contributed by atoms with Crippen molar-refractivity contribution in [2.75, 3.05) is 18.4 Å². The number of aryl methyl sites for hydroxylation is 1. The lowest BCUT2D eigenvalue weighted by molar-refractivity contribution is -0.128. The van der Waals surface area contributed by atoms with E-state index in [0.29, 0.717) is 13.1 Å². The number of amides is 2. The van der Waals surface area contributed by atoms with Crippen LogP contribution < -0.4 is 5.32 Å². The molecule has 136 valence electrons. The minimum Gasteiger partial charge on any atom is -0.342 e. The number of halogens is 2. The maximum absolute atomic E-state index is 13.2. The first-order chi connectivity index (χ1) is 12.5. The largest absolute Gasteiger partial charge is 0.342 e. The fourth-order valence-corrected chi connectivity index (χ4v) is 3.10. The van der Waals surface area contributed by atoms with Gasteiger partial charge >= 0.3 is 0 Å². The lowest BCUT2D eigenvalue weighted by Gasteiger charge is -2.16. The summed E-state index contributed by atoms with van der Waals surface area (Å²) in [5.74, 6) is -2.87. The van der Waals surface area contributed by atoms with E-state index in [9.17, 15) is 18.4 Å². The summed E-state index contributed by atoms with van der Waals surface area (Å²) in [4.78, 5) is 26.1. The van der Waals surface area contributed by atoms with Crippen LogP contribution in [-0.2, 0) is 16.0 Å². The molecular formula is C20H20F2N2O2. The Bertz CT molecular complexity index is 796. The minimum absolute atomic E-state index is 0.0523. The highest BCUT2D eigenvalue weighted by Crippen LogP contribution is 2.21. The third-order valence-electron chi connectivity index (χ3n) is 4.51. The van der Waals surface area contributed by atoms with Gasteiger partial charge in [-0.25, -0.2) is 8.78 Å². The molecule has 0 spiro atoms. The summed E-state index contributed by atoms with van der Waals surface area (Å²) in [6, 6.07) is 13.2. The summed E-state index contributed by atoms with van der Waals surface area (Å²) in [5, 5.41) is 2.55. The molecule has 0 radical (unpaired) electrons. The Labute approximate surface area is 150 Å². The molecule has 3 rings (SSSR count). The standard InChI is InChI=1S/C20H20F2N2O2/c21-17-9-8-16(12-18(17)22)23-20(26)15-11-19(25)24(13-15)10-4-7-14-5-2-1-3-6-14/h1-3,5-6,8-9,12,15H,4,7,10-11,13H2,(H,23,26). The molecule has 0 saturated carbocycles. The Balaban J connectivity index is 1.50. The van der Waals surface area contributed by atoms with Gasteiger partial charge in [0, 0.05) is 31.3 Å². The first-order valence-corrected chi connectivity index (χ1v) is 8.60. The lowest BCUT2D eigenvalue weighted by Crippen LogP contribution is -2.29. The molecule has 2 aromatic rings. The van der Waals surface area contributed by atoms with Gasteiger partial charge in [-0.1, -0.05) is 30.3 Å². The van der Waals surface area contributed by atoms with Gasteiger partial charge in [0.05, 0.1) is 5.92 Å². The zero-order valence-corrected chi connectivity index (χ0v) is 14.3. The van der Waals surface area contributed by atoms with Gasteiger partial charge < -0.3 is 10.2 Å². The van der Waals surface area contributed by atoms with Crippen molar-refractivity contribution in [3.05, 3.63) is 65.7 Å². The average Bonchev–Trinajstić information content (AvgIpc) is 3.00. The fourth-order valence-electron chi connectivity index (χ4n) is 3.10.